The van der Waals surface area contributed by atoms with Gasteiger partial charge < -0.3 is 15.7 Å². The molecule has 0 bridgehead atoms. The van der Waals surface area contributed by atoms with Crippen LogP contribution in [0, 0.1) is 0 Å². The van der Waals surface area contributed by atoms with Crippen LogP contribution < -0.4 is 10.6 Å². The molecule has 1 amide bonds. The first-order valence-electron chi connectivity index (χ1n) is 7.41. The number of amides is 1. The van der Waals surface area contributed by atoms with Crippen molar-refractivity contribution in [3.8, 4) is 0 Å². The third kappa shape index (κ3) is 3.38. The molecule has 110 valence electrons. The van der Waals surface area contributed by atoms with Gasteiger partial charge in [-0.2, -0.15) is 0 Å². The van der Waals surface area contributed by atoms with Crippen LogP contribution in [0.1, 0.15) is 48.2 Å². The summed E-state index contributed by atoms with van der Waals surface area (Å²) in [6, 6.07) is 5.86. The van der Waals surface area contributed by atoms with E-state index in [2.05, 4.69) is 10.6 Å². The van der Waals surface area contributed by atoms with E-state index in [9.17, 15) is 9.90 Å². The largest absolute Gasteiger partial charge is 0.388 e. The fourth-order valence-corrected chi connectivity index (χ4v) is 2.47. The second-order valence-electron chi connectivity index (χ2n) is 5.52. The van der Waals surface area contributed by atoms with Crippen LogP contribution in [0.5, 0.6) is 0 Å². The zero-order chi connectivity index (χ0) is 14.6. The number of benzene rings is 1. The Balaban J connectivity index is 2.02. The van der Waals surface area contributed by atoms with Crippen LogP contribution in [0.15, 0.2) is 18.2 Å². The molecule has 1 aliphatic rings. The molecule has 1 aliphatic heterocycles. The molecular formula is C16H24N2O2. The van der Waals surface area contributed by atoms with Crippen molar-refractivity contribution in [2.45, 2.75) is 45.3 Å². The van der Waals surface area contributed by atoms with Crippen LogP contribution in [0.25, 0.3) is 0 Å². The van der Waals surface area contributed by atoms with Crippen LogP contribution in [-0.2, 0) is 13.0 Å². The fraction of sp³-hybridized carbons (Fsp3) is 0.562. The summed E-state index contributed by atoms with van der Waals surface area (Å²) in [4.78, 5) is 12.2. The van der Waals surface area contributed by atoms with Crippen molar-refractivity contribution in [3.63, 3.8) is 0 Å². The highest BCUT2D eigenvalue weighted by Gasteiger charge is 2.23. The zero-order valence-corrected chi connectivity index (χ0v) is 12.3. The Morgan fingerprint density at radius 3 is 2.80 bits per heavy atom. The molecule has 0 aliphatic carbocycles. The van der Waals surface area contributed by atoms with Crippen molar-refractivity contribution in [1.82, 2.24) is 10.6 Å². The molecule has 0 aromatic heterocycles. The molecule has 4 nitrogen and oxygen atoms in total. The number of rotatable bonds is 5. The standard InChI is InChI=1S/C16H24N2O2/c1-3-16(20,4-2)11-18-15(19)13-6-5-12-7-8-17-10-14(12)9-13/h5-6,9,17,20H,3-4,7-8,10-11H2,1-2H3,(H,18,19). The third-order valence-electron chi connectivity index (χ3n) is 4.25. The van der Waals surface area contributed by atoms with Gasteiger partial charge in [0.05, 0.1) is 5.60 Å². The van der Waals surface area contributed by atoms with Gasteiger partial charge >= 0.3 is 0 Å². The summed E-state index contributed by atoms with van der Waals surface area (Å²) in [5, 5.41) is 16.3. The first-order valence-corrected chi connectivity index (χ1v) is 7.41. The predicted octanol–water partition coefficient (Wildman–Crippen LogP) is 1.61. The molecule has 0 spiro atoms. The van der Waals surface area contributed by atoms with E-state index in [1.807, 2.05) is 32.0 Å². The zero-order valence-electron chi connectivity index (χ0n) is 12.3. The van der Waals surface area contributed by atoms with E-state index in [0.717, 1.165) is 19.5 Å². The summed E-state index contributed by atoms with van der Waals surface area (Å²) in [5.74, 6) is -0.112. The van der Waals surface area contributed by atoms with Gasteiger partial charge in [0.25, 0.3) is 5.91 Å². The lowest BCUT2D eigenvalue weighted by Gasteiger charge is -2.25. The molecule has 0 fully saturated rings. The first-order chi connectivity index (χ1) is 9.58. The lowest BCUT2D eigenvalue weighted by atomic mass is 9.96. The van der Waals surface area contributed by atoms with E-state index in [1.165, 1.54) is 11.1 Å². The SMILES string of the molecule is CCC(O)(CC)CNC(=O)c1ccc2c(c1)CNCC2. The summed E-state index contributed by atoms with van der Waals surface area (Å²) in [6.07, 6.45) is 2.29. The Bertz CT molecular complexity index is 481. The summed E-state index contributed by atoms with van der Waals surface area (Å²) < 4.78 is 0. The molecule has 3 N–H and O–H groups in total. The summed E-state index contributed by atoms with van der Waals surface area (Å²) in [6.45, 7) is 5.98. The summed E-state index contributed by atoms with van der Waals surface area (Å²) in [7, 11) is 0. The predicted molar refractivity (Wildman–Crippen MR) is 79.7 cm³/mol. The van der Waals surface area contributed by atoms with Crippen LogP contribution in [0.4, 0.5) is 0 Å². The van der Waals surface area contributed by atoms with Gasteiger partial charge in [0.15, 0.2) is 0 Å². The van der Waals surface area contributed by atoms with Gasteiger partial charge in [-0.25, -0.2) is 0 Å². The normalized spacial score (nSPS) is 14.8. The monoisotopic (exact) mass is 276 g/mol. The van der Waals surface area contributed by atoms with Gasteiger partial charge in [-0.3, -0.25) is 4.79 Å². The van der Waals surface area contributed by atoms with Crippen LogP contribution in [-0.4, -0.2) is 29.7 Å². The Morgan fingerprint density at radius 1 is 1.35 bits per heavy atom. The second-order valence-corrected chi connectivity index (χ2v) is 5.52. The van der Waals surface area contributed by atoms with E-state index in [-0.39, 0.29) is 5.91 Å². The van der Waals surface area contributed by atoms with Crippen molar-refractivity contribution < 1.29 is 9.90 Å². The maximum atomic E-state index is 12.2. The summed E-state index contributed by atoms with van der Waals surface area (Å²) in [5.41, 5.74) is 2.39. The maximum absolute atomic E-state index is 12.2. The molecule has 20 heavy (non-hydrogen) atoms. The topological polar surface area (TPSA) is 61.4 Å². The minimum Gasteiger partial charge on any atom is -0.388 e. The number of fused-ring (bicyclic) bond motifs is 1. The molecular weight excluding hydrogens is 252 g/mol. The smallest absolute Gasteiger partial charge is 0.251 e. The second kappa shape index (κ2) is 6.37. The van der Waals surface area contributed by atoms with Gasteiger partial charge in [-0.1, -0.05) is 19.9 Å². The van der Waals surface area contributed by atoms with Crippen molar-refractivity contribution in [3.05, 3.63) is 34.9 Å². The number of nitrogens with one attached hydrogen (secondary N) is 2. The Kier molecular flexibility index (Phi) is 4.78. The van der Waals surface area contributed by atoms with Crippen molar-refractivity contribution in [2.75, 3.05) is 13.1 Å². The minimum atomic E-state index is -0.800. The highest BCUT2D eigenvalue weighted by atomic mass is 16.3. The van der Waals surface area contributed by atoms with Crippen molar-refractivity contribution in [2.24, 2.45) is 0 Å². The quantitative estimate of drug-likeness (QED) is 0.766. The number of hydrogen-bond acceptors (Lipinski definition) is 3. The Hall–Kier alpha value is -1.39. The molecule has 0 radical (unpaired) electrons. The number of carbonyl (C=O) groups excluding carboxylic acids is 1. The third-order valence-corrected chi connectivity index (χ3v) is 4.25. The maximum Gasteiger partial charge on any atom is 0.251 e. The van der Waals surface area contributed by atoms with Gasteiger partial charge in [0.2, 0.25) is 0 Å². The van der Waals surface area contributed by atoms with Crippen LogP contribution in [0.3, 0.4) is 0 Å². The average molecular weight is 276 g/mol. The Labute approximate surface area is 120 Å². The highest BCUT2D eigenvalue weighted by molar-refractivity contribution is 5.94. The molecule has 1 aromatic rings. The van der Waals surface area contributed by atoms with E-state index in [0.29, 0.717) is 24.9 Å². The van der Waals surface area contributed by atoms with Gasteiger partial charge in [-0.05, 0) is 49.1 Å². The first kappa shape index (κ1) is 15.0. The number of hydrogen-bond donors (Lipinski definition) is 3. The Morgan fingerprint density at radius 2 is 2.10 bits per heavy atom. The van der Waals surface area contributed by atoms with Crippen LogP contribution in [0.2, 0.25) is 0 Å². The van der Waals surface area contributed by atoms with Crippen molar-refractivity contribution in [1.29, 1.82) is 0 Å². The molecule has 4 heteroatoms. The summed E-state index contributed by atoms with van der Waals surface area (Å²) >= 11 is 0. The van der Waals surface area contributed by atoms with E-state index in [1.54, 1.807) is 0 Å². The van der Waals surface area contributed by atoms with E-state index >= 15 is 0 Å². The highest BCUT2D eigenvalue weighted by Crippen LogP contribution is 2.17. The molecule has 0 unspecified atom stereocenters. The molecule has 0 saturated heterocycles. The lowest BCUT2D eigenvalue weighted by Crippen LogP contribution is -2.42. The fourth-order valence-electron chi connectivity index (χ4n) is 2.47. The molecule has 0 atom stereocenters. The average Bonchev–Trinajstić information content (AvgIpc) is 2.51. The molecule has 1 heterocycles. The minimum absolute atomic E-state index is 0.112. The number of aliphatic hydroxyl groups is 1. The van der Waals surface area contributed by atoms with Gasteiger partial charge in [0.1, 0.15) is 0 Å². The van der Waals surface area contributed by atoms with Gasteiger partial charge in [-0.15, -0.1) is 0 Å². The molecule has 2 rings (SSSR count). The van der Waals surface area contributed by atoms with E-state index in [4.69, 9.17) is 0 Å². The molecule has 1 aromatic carbocycles. The van der Waals surface area contributed by atoms with Crippen molar-refractivity contribution >= 4 is 5.91 Å². The van der Waals surface area contributed by atoms with Gasteiger partial charge in [0, 0.05) is 18.7 Å². The molecule has 0 saturated carbocycles. The van der Waals surface area contributed by atoms with Crippen LogP contribution >= 0.6 is 0 Å². The lowest BCUT2D eigenvalue weighted by molar-refractivity contribution is 0.0314. The van der Waals surface area contributed by atoms with E-state index < -0.39 is 5.60 Å². The number of carbonyl (C=O) groups is 1.